The lowest BCUT2D eigenvalue weighted by molar-refractivity contribution is -0.136. The second kappa shape index (κ2) is 8.16. The number of rotatable bonds is 4. The average molecular weight is 439 g/mol. The molecule has 5 nitrogen and oxygen atoms in total. The third-order valence-electron chi connectivity index (χ3n) is 5.16. The lowest BCUT2D eigenvalue weighted by atomic mass is 9.93. The van der Waals surface area contributed by atoms with Crippen LogP contribution in [0.5, 0.6) is 0 Å². The Morgan fingerprint density at radius 2 is 1.97 bits per heavy atom. The molecule has 0 spiro atoms. The van der Waals surface area contributed by atoms with Crippen molar-refractivity contribution < 1.29 is 9.53 Å². The smallest absolute Gasteiger partial charge is 0.338 e. The van der Waals surface area contributed by atoms with Crippen LogP contribution < -0.4 is 14.9 Å². The summed E-state index contributed by atoms with van der Waals surface area (Å²) >= 11 is 2.91. The van der Waals surface area contributed by atoms with Crippen LogP contribution in [-0.4, -0.2) is 17.6 Å². The summed E-state index contributed by atoms with van der Waals surface area (Å²) in [7, 11) is 1.35. The monoisotopic (exact) mass is 438 g/mol. The number of carbonyl (C=O) groups is 1. The van der Waals surface area contributed by atoms with Gasteiger partial charge in [0, 0.05) is 4.88 Å². The lowest BCUT2D eigenvalue weighted by Gasteiger charge is -2.24. The molecule has 0 amide bonds. The SMILES string of the molecule is COC(=O)C1=C(C)N=c2s/c(=C\c3cccs3)c(=O)n2C1c1ccc(C(C)C)cc1. The summed E-state index contributed by atoms with van der Waals surface area (Å²) in [5.74, 6) is -0.0779. The Balaban J connectivity index is 1.95. The van der Waals surface area contributed by atoms with E-state index in [1.807, 2.05) is 47.9 Å². The van der Waals surface area contributed by atoms with Crippen LogP contribution in [0.1, 0.15) is 48.7 Å². The molecule has 0 fully saturated rings. The highest BCUT2D eigenvalue weighted by Crippen LogP contribution is 2.31. The van der Waals surface area contributed by atoms with Crippen LogP contribution in [-0.2, 0) is 9.53 Å². The first-order valence-electron chi connectivity index (χ1n) is 9.65. The highest BCUT2D eigenvalue weighted by Gasteiger charge is 2.33. The van der Waals surface area contributed by atoms with Gasteiger partial charge in [0.2, 0.25) is 0 Å². The van der Waals surface area contributed by atoms with E-state index >= 15 is 0 Å². The molecule has 154 valence electrons. The van der Waals surface area contributed by atoms with Gasteiger partial charge in [-0.3, -0.25) is 9.36 Å². The summed E-state index contributed by atoms with van der Waals surface area (Å²) in [5, 5.41) is 1.97. The highest BCUT2D eigenvalue weighted by molar-refractivity contribution is 7.11. The van der Waals surface area contributed by atoms with E-state index in [1.54, 1.807) is 22.8 Å². The van der Waals surface area contributed by atoms with Gasteiger partial charge < -0.3 is 4.74 Å². The summed E-state index contributed by atoms with van der Waals surface area (Å²) in [6, 6.07) is 11.4. The van der Waals surface area contributed by atoms with E-state index in [0.717, 1.165) is 10.4 Å². The zero-order valence-corrected chi connectivity index (χ0v) is 18.8. The van der Waals surface area contributed by atoms with Crippen LogP contribution >= 0.6 is 22.7 Å². The molecule has 0 saturated carbocycles. The van der Waals surface area contributed by atoms with Crippen molar-refractivity contribution in [2.75, 3.05) is 7.11 Å². The molecule has 7 heteroatoms. The van der Waals surface area contributed by atoms with Gasteiger partial charge in [-0.2, -0.15) is 0 Å². The Kier molecular flexibility index (Phi) is 5.58. The Hall–Kier alpha value is -2.77. The van der Waals surface area contributed by atoms with Crippen LogP contribution in [0.4, 0.5) is 0 Å². The standard InChI is InChI=1S/C23H22N2O3S2/c1-13(2)15-7-9-16(10-8-15)20-19(22(27)28-4)14(3)24-23-25(20)21(26)18(30-23)12-17-6-5-11-29-17/h5-13,20H,1-4H3/b18-12-. The van der Waals surface area contributed by atoms with Gasteiger partial charge in [-0.15, -0.1) is 11.3 Å². The minimum atomic E-state index is -0.569. The minimum absolute atomic E-state index is 0.154. The average Bonchev–Trinajstić information content (AvgIpc) is 3.35. The zero-order valence-electron chi connectivity index (χ0n) is 17.2. The third kappa shape index (κ3) is 3.59. The number of ether oxygens (including phenoxy) is 1. The molecule has 0 aliphatic carbocycles. The van der Waals surface area contributed by atoms with Gasteiger partial charge in [0.1, 0.15) is 0 Å². The van der Waals surface area contributed by atoms with E-state index in [2.05, 4.69) is 18.8 Å². The highest BCUT2D eigenvalue weighted by atomic mass is 32.1. The van der Waals surface area contributed by atoms with E-state index in [9.17, 15) is 9.59 Å². The topological polar surface area (TPSA) is 60.7 Å². The molecular weight excluding hydrogens is 416 g/mol. The van der Waals surface area contributed by atoms with Crippen molar-refractivity contribution in [3.05, 3.63) is 88.7 Å². The van der Waals surface area contributed by atoms with Crippen molar-refractivity contribution in [3.8, 4) is 0 Å². The van der Waals surface area contributed by atoms with E-state index < -0.39 is 12.0 Å². The van der Waals surface area contributed by atoms with Crippen LogP contribution in [0.3, 0.4) is 0 Å². The number of thiazole rings is 1. The Morgan fingerprint density at radius 3 is 2.57 bits per heavy atom. The first-order chi connectivity index (χ1) is 14.4. The van der Waals surface area contributed by atoms with E-state index in [1.165, 1.54) is 24.0 Å². The van der Waals surface area contributed by atoms with Crippen molar-refractivity contribution in [2.24, 2.45) is 4.99 Å². The van der Waals surface area contributed by atoms with Crippen LogP contribution in [0.2, 0.25) is 0 Å². The first kappa shape index (κ1) is 20.5. The fourth-order valence-electron chi connectivity index (χ4n) is 3.57. The summed E-state index contributed by atoms with van der Waals surface area (Å²) < 4.78 is 7.26. The molecule has 3 aromatic rings. The van der Waals surface area contributed by atoms with Gasteiger partial charge in [0.15, 0.2) is 4.80 Å². The largest absolute Gasteiger partial charge is 0.466 e. The summed E-state index contributed by atoms with van der Waals surface area (Å²) in [6.07, 6.45) is 1.88. The van der Waals surface area contributed by atoms with Crippen molar-refractivity contribution in [1.82, 2.24) is 4.57 Å². The number of esters is 1. The van der Waals surface area contributed by atoms with Gasteiger partial charge in [-0.05, 0) is 41.5 Å². The molecule has 3 heterocycles. The van der Waals surface area contributed by atoms with Gasteiger partial charge in [0.25, 0.3) is 5.56 Å². The Morgan fingerprint density at radius 1 is 1.23 bits per heavy atom. The molecule has 0 N–H and O–H groups in total. The number of hydrogen-bond donors (Lipinski definition) is 0. The Labute approximate surface area is 182 Å². The molecule has 4 rings (SSSR count). The second-order valence-electron chi connectivity index (χ2n) is 7.41. The van der Waals surface area contributed by atoms with Crippen molar-refractivity contribution >= 4 is 34.7 Å². The molecule has 0 radical (unpaired) electrons. The molecule has 1 aliphatic rings. The molecule has 1 aliphatic heterocycles. The lowest BCUT2D eigenvalue weighted by Crippen LogP contribution is -2.39. The molecule has 30 heavy (non-hydrogen) atoms. The maximum atomic E-state index is 13.4. The minimum Gasteiger partial charge on any atom is -0.466 e. The number of fused-ring (bicyclic) bond motifs is 1. The second-order valence-corrected chi connectivity index (χ2v) is 9.40. The number of hydrogen-bond acceptors (Lipinski definition) is 6. The van der Waals surface area contributed by atoms with Crippen molar-refractivity contribution in [1.29, 1.82) is 0 Å². The summed E-state index contributed by atoms with van der Waals surface area (Å²) in [4.78, 5) is 32.2. The van der Waals surface area contributed by atoms with Crippen LogP contribution in [0.15, 0.2) is 62.8 Å². The normalized spacial score (nSPS) is 16.6. The van der Waals surface area contributed by atoms with Crippen molar-refractivity contribution in [3.63, 3.8) is 0 Å². The molecule has 0 bridgehead atoms. The Bertz CT molecular complexity index is 1290. The maximum absolute atomic E-state index is 13.4. The maximum Gasteiger partial charge on any atom is 0.338 e. The van der Waals surface area contributed by atoms with Crippen molar-refractivity contribution in [2.45, 2.75) is 32.7 Å². The zero-order chi connectivity index (χ0) is 21.4. The molecule has 1 unspecified atom stereocenters. The van der Waals surface area contributed by atoms with Gasteiger partial charge in [0.05, 0.1) is 29.0 Å². The van der Waals surface area contributed by atoms with Crippen LogP contribution in [0.25, 0.3) is 6.08 Å². The predicted molar refractivity (Wildman–Crippen MR) is 121 cm³/mol. The molecule has 0 saturated heterocycles. The fourth-order valence-corrected chi connectivity index (χ4v) is 5.34. The number of nitrogens with zero attached hydrogens (tertiary/aromatic N) is 2. The number of carbonyl (C=O) groups excluding carboxylic acids is 1. The molecular formula is C23H22N2O3S2. The quantitative estimate of drug-likeness (QED) is 0.585. The molecule has 2 aromatic heterocycles. The number of aromatic nitrogens is 1. The number of thiophene rings is 1. The third-order valence-corrected chi connectivity index (χ3v) is 6.96. The number of allylic oxidation sites excluding steroid dienone is 1. The van der Waals surface area contributed by atoms with E-state index in [-0.39, 0.29) is 5.56 Å². The van der Waals surface area contributed by atoms with Gasteiger partial charge in [-0.25, -0.2) is 9.79 Å². The molecule has 1 atom stereocenters. The molecule has 1 aromatic carbocycles. The van der Waals surface area contributed by atoms with Gasteiger partial charge in [-0.1, -0.05) is 55.5 Å². The fraction of sp³-hybridized carbons (Fsp3) is 0.261. The first-order valence-corrected chi connectivity index (χ1v) is 11.3. The summed E-state index contributed by atoms with van der Waals surface area (Å²) in [5.41, 5.74) is 2.87. The van der Waals surface area contributed by atoms with Crippen LogP contribution in [0, 0.1) is 0 Å². The number of methoxy groups -OCH3 is 1. The van der Waals surface area contributed by atoms with Gasteiger partial charge >= 0.3 is 5.97 Å². The van der Waals surface area contributed by atoms with E-state index in [4.69, 9.17) is 4.74 Å². The summed E-state index contributed by atoms with van der Waals surface area (Å²) in [6.45, 7) is 6.05. The predicted octanol–water partition coefficient (Wildman–Crippen LogP) is 3.59. The van der Waals surface area contributed by atoms with E-state index in [0.29, 0.717) is 26.5 Å². The number of benzene rings is 1.